The average molecular weight is 585 g/mol. The number of benzene rings is 4. The van der Waals surface area contributed by atoms with E-state index >= 15 is 0 Å². The van der Waals surface area contributed by atoms with Crippen LogP contribution < -0.4 is 0 Å². The maximum Gasteiger partial charge on any atom is 0.164 e. The van der Waals surface area contributed by atoms with Crippen LogP contribution in [-0.4, -0.2) is 0 Å². The molecule has 0 radical (unpaired) electrons. The summed E-state index contributed by atoms with van der Waals surface area (Å²) in [4.78, 5) is 0. The van der Waals surface area contributed by atoms with Gasteiger partial charge in [0, 0.05) is 23.3 Å². The highest BCUT2D eigenvalue weighted by molar-refractivity contribution is 14.1. The molecular formula is C18H6Cl2F2I2. The molecule has 0 atom stereocenters. The van der Waals surface area contributed by atoms with E-state index in [-0.39, 0.29) is 10.4 Å². The van der Waals surface area contributed by atoms with Gasteiger partial charge in [-0.05, 0) is 61.3 Å². The number of fused-ring (bicyclic) bond motifs is 4. The van der Waals surface area contributed by atoms with E-state index in [1.165, 1.54) is 0 Å². The lowest BCUT2D eigenvalue weighted by Crippen LogP contribution is -1.97. The Hall–Kier alpha value is -0.440. The second-order valence-corrected chi connectivity index (χ2v) is 8.26. The zero-order chi connectivity index (χ0) is 17.2. The molecule has 0 fully saturated rings. The van der Waals surface area contributed by atoms with Crippen molar-refractivity contribution in [2.24, 2.45) is 0 Å². The number of halogens is 6. The molecule has 0 aliphatic carbocycles. The minimum atomic E-state index is -0.919. The SMILES string of the molecule is Fc1c(Cl)c(F)c2c(I)c3c(ccc4ccccc43)c(I)c2c1Cl. The molecule has 0 spiro atoms. The van der Waals surface area contributed by atoms with E-state index in [2.05, 4.69) is 45.2 Å². The van der Waals surface area contributed by atoms with Gasteiger partial charge in [-0.25, -0.2) is 8.78 Å². The standard InChI is InChI=1S/C18H6Cl2F2I2/c19-13-11-12(15(21)14(20)16(13)22)18(24)10-8-4-2-1-3-7(8)5-6-9(10)17(11)23/h1-6H. The van der Waals surface area contributed by atoms with E-state index in [4.69, 9.17) is 23.2 Å². The highest BCUT2D eigenvalue weighted by Gasteiger charge is 2.24. The van der Waals surface area contributed by atoms with Gasteiger partial charge in [-0.1, -0.05) is 59.6 Å². The van der Waals surface area contributed by atoms with Crippen molar-refractivity contribution in [3.63, 3.8) is 0 Å². The molecule has 0 unspecified atom stereocenters. The second-order valence-electron chi connectivity index (χ2n) is 5.34. The summed E-state index contributed by atoms with van der Waals surface area (Å²) < 4.78 is 30.3. The quantitative estimate of drug-likeness (QED) is 0.0647. The smallest absolute Gasteiger partial charge is 0.164 e. The van der Waals surface area contributed by atoms with Gasteiger partial charge in [0.2, 0.25) is 0 Å². The topological polar surface area (TPSA) is 0 Å². The van der Waals surface area contributed by atoms with E-state index in [0.29, 0.717) is 12.5 Å². The third kappa shape index (κ3) is 2.26. The zero-order valence-corrected chi connectivity index (χ0v) is 17.6. The van der Waals surface area contributed by atoms with Crippen LogP contribution in [0.25, 0.3) is 32.3 Å². The van der Waals surface area contributed by atoms with Crippen molar-refractivity contribution < 1.29 is 8.78 Å². The molecular weight excluding hydrogens is 579 g/mol. The van der Waals surface area contributed by atoms with E-state index in [1.807, 2.05) is 36.4 Å². The molecule has 4 aromatic carbocycles. The van der Waals surface area contributed by atoms with E-state index in [9.17, 15) is 8.78 Å². The van der Waals surface area contributed by atoms with Crippen LogP contribution in [0.2, 0.25) is 10.0 Å². The molecule has 0 amide bonds. The maximum atomic E-state index is 14.8. The van der Waals surface area contributed by atoms with Gasteiger partial charge in [-0.3, -0.25) is 0 Å². The largest absolute Gasteiger partial charge is 0.205 e. The summed E-state index contributed by atoms with van der Waals surface area (Å²) in [5.41, 5.74) is 0. The van der Waals surface area contributed by atoms with Gasteiger partial charge in [0.05, 0.1) is 5.02 Å². The Morgan fingerprint density at radius 3 is 2.12 bits per heavy atom. The Morgan fingerprint density at radius 1 is 0.667 bits per heavy atom. The third-order valence-electron chi connectivity index (χ3n) is 4.09. The fraction of sp³-hybridized carbons (Fsp3) is 0. The summed E-state index contributed by atoms with van der Waals surface area (Å²) in [5, 5.41) is 3.81. The Morgan fingerprint density at radius 2 is 1.38 bits per heavy atom. The molecule has 6 heteroatoms. The van der Waals surface area contributed by atoms with Gasteiger partial charge in [0.1, 0.15) is 5.02 Å². The summed E-state index contributed by atoms with van der Waals surface area (Å²) in [6.07, 6.45) is 0. The highest BCUT2D eigenvalue weighted by atomic mass is 127. The fourth-order valence-electron chi connectivity index (χ4n) is 2.99. The minimum absolute atomic E-state index is 0.145. The van der Waals surface area contributed by atoms with Crippen LogP contribution in [0.5, 0.6) is 0 Å². The molecule has 0 aliphatic rings. The van der Waals surface area contributed by atoms with Crippen molar-refractivity contribution in [1.29, 1.82) is 0 Å². The molecule has 4 aromatic rings. The van der Waals surface area contributed by atoms with Gasteiger partial charge in [-0.15, -0.1) is 0 Å². The predicted molar refractivity (Wildman–Crippen MR) is 114 cm³/mol. The first-order valence-corrected chi connectivity index (χ1v) is 9.79. The van der Waals surface area contributed by atoms with E-state index < -0.39 is 16.7 Å². The molecule has 0 nitrogen and oxygen atoms in total. The molecule has 4 rings (SSSR count). The molecule has 0 aromatic heterocycles. The Balaban J connectivity index is 2.41. The third-order valence-corrected chi connectivity index (χ3v) is 6.98. The van der Waals surface area contributed by atoms with Crippen molar-refractivity contribution in [1.82, 2.24) is 0 Å². The minimum Gasteiger partial charge on any atom is -0.205 e. The molecule has 120 valence electrons. The van der Waals surface area contributed by atoms with Crippen molar-refractivity contribution in [3.8, 4) is 0 Å². The van der Waals surface area contributed by atoms with Crippen LogP contribution in [0.15, 0.2) is 36.4 Å². The first-order valence-electron chi connectivity index (χ1n) is 6.87. The molecule has 0 saturated carbocycles. The van der Waals surface area contributed by atoms with Crippen LogP contribution in [0.3, 0.4) is 0 Å². The summed E-state index contributed by atoms with van der Waals surface area (Å²) in [6.45, 7) is 0. The van der Waals surface area contributed by atoms with Crippen molar-refractivity contribution in [2.75, 3.05) is 0 Å². The van der Waals surface area contributed by atoms with Crippen LogP contribution in [-0.2, 0) is 0 Å². The van der Waals surface area contributed by atoms with Crippen molar-refractivity contribution in [2.45, 2.75) is 0 Å². The molecule has 0 heterocycles. The summed E-state index contributed by atoms with van der Waals surface area (Å²) >= 11 is 16.2. The van der Waals surface area contributed by atoms with Gasteiger partial charge in [0.25, 0.3) is 0 Å². The molecule has 0 N–H and O–H groups in total. The summed E-state index contributed by atoms with van der Waals surface area (Å²) in [7, 11) is 0. The van der Waals surface area contributed by atoms with E-state index in [1.54, 1.807) is 0 Å². The first-order chi connectivity index (χ1) is 11.4. The molecule has 0 bridgehead atoms. The van der Waals surface area contributed by atoms with E-state index in [0.717, 1.165) is 21.5 Å². The summed E-state index contributed by atoms with van der Waals surface area (Å²) in [5.74, 6) is -1.69. The van der Waals surface area contributed by atoms with Gasteiger partial charge in [0.15, 0.2) is 11.6 Å². The van der Waals surface area contributed by atoms with Crippen molar-refractivity contribution >= 4 is 101 Å². The number of hydrogen-bond donors (Lipinski definition) is 0. The lowest BCUT2D eigenvalue weighted by Gasteiger charge is -2.15. The van der Waals surface area contributed by atoms with Crippen LogP contribution >= 0.6 is 68.4 Å². The van der Waals surface area contributed by atoms with Gasteiger partial charge >= 0.3 is 0 Å². The molecule has 24 heavy (non-hydrogen) atoms. The van der Waals surface area contributed by atoms with Gasteiger partial charge < -0.3 is 0 Å². The fourth-order valence-corrected chi connectivity index (χ4v) is 5.75. The Kier molecular flexibility index (Phi) is 4.30. The van der Waals surface area contributed by atoms with Crippen LogP contribution in [0, 0.1) is 18.8 Å². The number of rotatable bonds is 0. The first kappa shape index (κ1) is 17.0. The molecule has 0 saturated heterocycles. The van der Waals surface area contributed by atoms with Gasteiger partial charge in [-0.2, -0.15) is 0 Å². The number of hydrogen-bond acceptors (Lipinski definition) is 0. The lowest BCUT2D eigenvalue weighted by molar-refractivity contribution is 0.593. The average Bonchev–Trinajstić information content (AvgIpc) is 2.60. The Bertz CT molecular complexity index is 1170. The monoisotopic (exact) mass is 584 g/mol. The van der Waals surface area contributed by atoms with Crippen LogP contribution in [0.1, 0.15) is 0 Å². The molecule has 0 aliphatic heterocycles. The Labute approximate surface area is 173 Å². The maximum absolute atomic E-state index is 14.8. The predicted octanol–water partition coefficient (Wildman–Crippen LogP) is 7.94. The van der Waals surface area contributed by atoms with Crippen molar-refractivity contribution in [3.05, 3.63) is 65.2 Å². The van der Waals surface area contributed by atoms with Crippen LogP contribution in [0.4, 0.5) is 8.78 Å². The zero-order valence-electron chi connectivity index (χ0n) is 11.7. The summed E-state index contributed by atoms with van der Waals surface area (Å²) in [6, 6.07) is 11.8. The normalized spacial score (nSPS) is 11.8. The lowest BCUT2D eigenvalue weighted by atomic mass is 9.98. The highest BCUT2D eigenvalue weighted by Crippen LogP contribution is 2.44. The second kappa shape index (κ2) is 6.07.